The highest BCUT2D eigenvalue weighted by Crippen LogP contribution is 2.60. The molecule has 6 rings (SSSR count). The number of benzene rings is 2. The van der Waals surface area contributed by atoms with E-state index in [4.69, 9.17) is 4.74 Å². The van der Waals surface area contributed by atoms with Crippen LogP contribution in [0.5, 0.6) is 5.75 Å². The summed E-state index contributed by atoms with van der Waals surface area (Å²) >= 11 is 0. The van der Waals surface area contributed by atoms with Crippen LogP contribution in [-0.4, -0.2) is 42.9 Å². The van der Waals surface area contributed by atoms with E-state index in [1.807, 2.05) is 0 Å². The minimum Gasteiger partial charge on any atom is -0.491 e. The van der Waals surface area contributed by atoms with Crippen LogP contribution in [0.2, 0.25) is 0 Å². The standard InChI is InChI=1S/C29H40NO2/c1-21-4-6-22(7-5-21)18-30(2,3)19-27(31)20-32-28-10-8-26(9-11-28)29-15-23-12-24(16-29)14-25(13-23)17-29/h4-11,23-25,27,31H,12-20H2,1-3H3/q+1/t23?,24?,25?,27-,29?/m1/s1. The maximum absolute atomic E-state index is 10.6. The highest BCUT2D eigenvalue weighted by atomic mass is 16.5. The summed E-state index contributed by atoms with van der Waals surface area (Å²) in [7, 11) is 4.34. The van der Waals surface area contributed by atoms with Gasteiger partial charge in [-0.05, 0) is 86.3 Å². The monoisotopic (exact) mass is 434 g/mol. The van der Waals surface area contributed by atoms with Crippen LogP contribution in [0, 0.1) is 24.7 Å². The lowest BCUT2D eigenvalue weighted by atomic mass is 9.48. The molecule has 0 radical (unpaired) electrons. The highest BCUT2D eigenvalue weighted by Gasteiger charge is 2.51. The summed E-state index contributed by atoms with van der Waals surface area (Å²) in [4.78, 5) is 0. The van der Waals surface area contributed by atoms with E-state index >= 15 is 0 Å². The van der Waals surface area contributed by atoms with Crippen molar-refractivity contribution in [3.05, 3.63) is 65.2 Å². The molecule has 1 N–H and O–H groups in total. The largest absolute Gasteiger partial charge is 0.491 e. The topological polar surface area (TPSA) is 29.5 Å². The Kier molecular flexibility index (Phi) is 5.84. The molecule has 2 aromatic rings. The van der Waals surface area contributed by atoms with E-state index in [1.165, 1.54) is 55.2 Å². The van der Waals surface area contributed by atoms with Crippen molar-refractivity contribution >= 4 is 0 Å². The normalized spacial score (nSPS) is 29.8. The molecular weight excluding hydrogens is 394 g/mol. The second kappa shape index (κ2) is 8.50. The zero-order valence-corrected chi connectivity index (χ0v) is 20.1. The average Bonchev–Trinajstić information content (AvgIpc) is 2.73. The summed E-state index contributed by atoms with van der Waals surface area (Å²) in [6.07, 6.45) is 8.15. The van der Waals surface area contributed by atoms with Gasteiger partial charge in [0.2, 0.25) is 0 Å². The third kappa shape index (κ3) is 4.75. The van der Waals surface area contributed by atoms with Crippen LogP contribution in [0.1, 0.15) is 55.2 Å². The lowest BCUT2D eigenvalue weighted by molar-refractivity contribution is -0.906. The summed E-state index contributed by atoms with van der Waals surface area (Å²) < 4.78 is 6.73. The van der Waals surface area contributed by atoms with Crippen LogP contribution in [0.25, 0.3) is 0 Å². The second-order valence-electron chi connectivity index (χ2n) is 11.9. The quantitative estimate of drug-likeness (QED) is 0.558. The van der Waals surface area contributed by atoms with Gasteiger partial charge in [0, 0.05) is 5.56 Å². The molecule has 0 aliphatic heterocycles. The average molecular weight is 435 g/mol. The van der Waals surface area contributed by atoms with E-state index in [0.29, 0.717) is 18.6 Å². The zero-order valence-electron chi connectivity index (χ0n) is 20.1. The molecule has 0 saturated heterocycles. The third-order valence-corrected chi connectivity index (χ3v) is 8.38. The van der Waals surface area contributed by atoms with Crippen molar-refractivity contribution in [2.45, 2.75) is 63.5 Å². The molecule has 172 valence electrons. The molecule has 4 fully saturated rings. The smallest absolute Gasteiger partial charge is 0.137 e. The molecular formula is C29H40NO2+. The van der Waals surface area contributed by atoms with Crippen molar-refractivity contribution < 1.29 is 14.3 Å². The first-order valence-electron chi connectivity index (χ1n) is 12.6. The van der Waals surface area contributed by atoms with Crippen LogP contribution in [0.4, 0.5) is 0 Å². The molecule has 0 unspecified atom stereocenters. The fourth-order valence-electron chi connectivity index (χ4n) is 7.44. The van der Waals surface area contributed by atoms with E-state index in [0.717, 1.165) is 34.5 Å². The van der Waals surface area contributed by atoms with Crippen LogP contribution in [0.3, 0.4) is 0 Å². The van der Waals surface area contributed by atoms with Crippen molar-refractivity contribution in [2.24, 2.45) is 17.8 Å². The summed E-state index contributed by atoms with van der Waals surface area (Å²) in [6, 6.07) is 17.6. The highest BCUT2D eigenvalue weighted by molar-refractivity contribution is 5.34. The Morgan fingerprint density at radius 2 is 1.47 bits per heavy atom. The van der Waals surface area contributed by atoms with E-state index in [1.54, 1.807) is 0 Å². The predicted octanol–water partition coefficient (Wildman–Crippen LogP) is 5.48. The van der Waals surface area contributed by atoms with Gasteiger partial charge in [-0.2, -0.15) is 0 Å². The number of likely N-dealkylation sites (N-methyl/N-ethyl adjacent to an activating group) is 1. The van der Waals surface area contributed by atoms with E-state index in [-0.39, 0.29) is 0 Å². The lowest BCUT2D eigenvalue weighted by Gasteiger charge is -2.57. The first-order chi connectivity index (χ1) is 15.3. The van der Waals surface area contributed by atoms with E-state index < -0.39 is 6.10 Å². The summed E-state index contributed by atoms with van der Waals surface area (Å²) in [6.45, 7) is 4.02. The number of aliphatic hydroxyl groups is 1. The van der Waals surface area contributed by atoms with Crippen molar-refractivity contribution in [3.63, 3.8) is 0 Å². The van der Waals surface area contributed by atoms with Crippen molar-refractivity contribution in [2.75, 3.05) is 27.2 Å². The van der Waals surface area contributed by atoms with Gasteiger partial charge >= 0.3 is 0 Å². The zero-order chi connectivity index (χ0) is 22.3. The molecule has 1 atom stereocenters. The number of nitrogens with zero attached hydrogens (tertiary/aromatic N) is 1. The summed E-state index contributed by atoms with van der Waals surface area (Å²) in [5.41, 5.74) is 4.54. The number of quaternary nitrogens is 1. The van der Waals surface area contributed by atoms with Gasteiger partial charge in [0.1, 0.15) is 31.5 Å². The predicted molar refractivity (Wildman–Crippen MR) is 130 cm³/mol. The number of hydrogen-bond acceptors (Lipinski definition) is 2. The molecule has 0 spiro atoms. The van der Waals surface area contributed by atoms with E-state index in [2.05, 4.69) is 69.6 Å². The van der Waals surface area contributed by atoms with Gasteiger partial charge in [0.05, 0.1) is 14.1 Å². The van der Waals surface area contributed by atoms with Gasteiger partial charge in [-0.1, -0.05) is 42.0 Å². The lowest BCUT2D eigenvalue weighted by Crippen LogP contribution is -2.48. The molecule has 32 heavy (non-hydrogen) atoms. The van der Waals surface area contributed by atoms with Gasteiger partial charge < -0.3 is 14.3 Å². The Labute approximate surface area is 194 Å². The number of aryl methyl sites for hydroxylation is 1. The Bertz CT molecular complexity index is 880. The van der Waals surface area contributed by atoms with Gasteiger partial charge in [-0.15, -0.1) is 0 Å². The number of rotatable bonds is 8. The molecule has 3 nitrogen and oxygen atoms in total. The van der Waals surface area contributed by atoms with Gasteiger partial charge in [-0.25, -0.2) is 0 Å². The van der Waals surface area contributed by atoms with Gasteiger partial charge in [0.15, 0.2) is 0 Å². The molecule has 0 aromatic heterocycles. The third-order valence-electron chi connectivity index (χ3n) is 8.38. The Hall–Kier alpha value is -1.84. The number of ether oxygens (including phenoxy) is 1. The van der Waals surface area contributed by atoms with Crippen molar-refractivity contribution in [1.82, 2.24) is 0 Å². The second-order valence-corrected chi connectivity index (χ2v) is 11.9. The molecule has 2 aromatic carbocycles. The summed E-state index contributed by atoms with van der Waals surface area (Å²) in [5, 5.41) is 10.6. The minimum absolute atomic E-state index is 0.340. The molecule has 4 saturated carbocycles. The van der Waals surface area contributed by atoms with Crippen LogP contribution in [0.15, 0.2) is 48.5 Å². The SMILES string of the molecule is Cc1ccc(C[N+](C)(C)C[C@@H](O)COc2ccc(C34CC5CC(CC(C5)C3)C4)cc2)cc1. The maximum atomic E-state index is 10.6. The van der Waals surface area contributed by atoms with Crippen LogP contribution >= 0.6 is 0 Å². The first kappa shape index (κ1) is 22.0. The fourth-order valence-corrected chi connectivity index (χ4v) is 7.44. The van der Waals surface area contributed by atoms with Gasteiger partial charge in [0.25, 0.3) is 0 Å². The molecule has 4 bridgehead atoms. The van der Waals surface area contributed by atoms with Crippen molar-refractivity contribution in [1.29, 1.82) is 0 Å². The minimum atomic E-state index is -0.488. The summed E-state index contributed by atoms with van der Waals surface area (Å²) in [5.74, 6) is 3.78. The molecule has 4 aliphatic carbocycles. The Morgan fingerprint density at radius 1 is 0.906 bits per heavy atom. The van der Waals surface area contributed by atoms with E-state index in [9.17, 15) is 5.11 Å². The number of hydrogen-bond donors (Lipinski definition) is 1. The molecule has 0 heterocycles. The van der Waals surface area contributed by atoms with Crippen LogP contribution < -0.4 is 4.74 Å². The number of aliphatic hydroxyl groups excluding tert-OH is 1. The Balaban J connectivity index is 1.14. The van der Waals surface area contributed by atoms with Crippen LogP contribution in [-0.2, 0) is 12.0 Å². The molecule has 4 aliphatic rings. The first-order valence-corrected chi connectivity index (χ1v) is 12.6. The molecule has 0 amide bonds. The van der Waals surface area contributed by atoms with Crippen molar-refractivity contribution in [3.8, 4) is 5.75 Å². The maximum Gasteiger partial charge on any atom is 0.137 e. The molecule has 3 heteroatoms. The van der Waals surface area contributed by atoms with Gasteiger partial charge in [-0.3, -0.25) is 0 Å². The Morgan fingerprint density at radius 3 is 2.03 bits per heavy atom. The fraction of sp³-hybridized carbons (Fsp3) is 0.586.